The van der Waals surface area contributed by atoms with Crippen molar-refractivity contribution in [3.8, 4) is 11.5 Å². The fourth-order valence-corrected chi connectivity index (χ4v) is 2.89. The lowest BCUT2D eigenvalue weighted by molar-refractivity contribution is -0.119. The molecule has 1 aromatic heterocycles. The molecule has 1 aliphatic heterocycles. The minimum absolute atomic E-state index is 0.382. The maximum Gasteiger partial charge on any atom is 0.340 e. The van der Waals surface area contributed by atoms with Gasteiger partial charge in [-0.1, -0.05) is 18.2 Å². The molecule has 0 atom stereocenters. The normalized spacial score (nSPS) is 13.0. The van der Waals surface area contributed by atoms with Gasteiger partial charge in [-0.05, 0) is 18.2 Å². The third kappa shape index (κ3) is 3.72. The number of nitrogens with one attached hydrogen (secondary N) is 2. The zero-order valence-corrected chi connectivity index (χ0v) is 14.5. The predicted molar refractivity (Wildman–Crippen MR) is 99.3 cm³/mol. The molecule has 0 spiro atoms. The van der Waals surface area contributed by atoms with Crippen LogP contribution in [0.2, 0.25) is 0 Å². The summed E-state index contributed by atoms with van der Waals surface area (Å²) in [7, 11) is 0. The van der Waals surface area contributed by atoms with Gasteiger partial charge in [-0.2, -0.15) is 0 Å². The SMILES string of the molecule is O=C(COC(=O)c1c[nH]c2ccccc12)Nc1ccc2c(c1)OCCCO2. The first kappa shape index (κ1) is 17.0. The van der Waals surface area contributed by atoms with Gasteiger partial charge in [0.25, 0.3) is 5.91 Å². The van der Waals surface area contributed by atoms with Gasteiger partial charge in [-0.25, -0.2) is 4.79 Å². The predicted octanol–water partition coefficient (Wildman–Crippen LogP) is 3.12. The molecule has 0 saturated carbocycles. The van der Waals surface area contributed by atoms with Crippen molar-refractivity contribution in [2.45, 2.75) is 6.42 Å². The van der Waals surface area contributed by atoms with Crippen LogP contribution in [0.25, 0.3) is 10.9 Å². The number of carbonyl (C=O) groups excluding carboxylic acids is 2. The molecular weight excluding hydrogens is 348 g/mol. The van der Waals surface area contributed by atoms with Crippen molar-refractivity contribution in [3.05, 3.63) is 54.2 Å². The largest absolute Gasteiger partial charge is 0.490 e. The summed E-state index contributed by atoms with van der Waals surface area (Å²) in [4.78, 5) is 27.4. The number of H-pyrrole nitrogens is 1. The molecule has 4 rings (SSSR count). The van der Waals surface area contributed by atoms with Crippen LogP contribution >= 0.6 is 0 Å². The third-order valence-corrected chi connectivity index (χ3v) is 4.17. The summed E-state index contributed by atoms with van der Waals surface area (Å²) in [6.07, 6.45) is 2.38. The summed E-state index contributed by atoms with van der Waals surface area (Å²) in [5, 5.41) is 3.45. The quantitative estimate of drug-likeness (QED) is 0.693. The summed E-state index contributed by atoms with van der Waals surface area (Å²) in [6, 6.07) is 12.5. The summed E-state index contributed by atoms with van der Waals surface area (Å²) in [5.74, 6) is 0.247. The van der Waals surface area contributed by atoms with Crippen molar-refractivity contribution < 1.29 is 23.8 Å². The molecule has 2 aromatic carbocycles. The minimum Gasteiger partial charge on any atom is -0.490 e. The number of carbonyl (C=O) groups is 2. The van der Waals surface area contributed by atoms with Crippen molar-refractivity contribution in [1.29, 1.82) is 0 Å². The van der Waals surface area contributed by atoms with Gasteiger partial charge in [-0.3, -0.25) is 4.79 Å². The van der Waals surface area contributed by atoms with Crippen LogP contribution < -0.4 is 14.8 Å². The smallest absolute Gasteiger partial charge is 0.340 e. The molecule has 1 amide bonds. The molecule has 138 valence electrons. The lowest BCUT2D eigenvalue weighted by atomic mass is 10.2. The van der Waals surface area contributed by atoms with Crippen LogP contribution in [0.1, 0.15) is 16.8 Å². The minimum atomic E-state index is -0.554. The number of para-hydroxylation sites is 1. The highest BCUT2D eigenvalue weighted by Gasteiger charge is 2.16. The van der Waals surface area contributed by atoms with E-state index < -0.39 is 11.9 Å². The van der Waals surface area contributed by atoms with E-state index in [-0.39, 0.29) is 6.61 Å². The van der Waals surface area contributed by atoms with Crippen molar-refractivity contribution >= 4 is 28.5 Å². The van der Waals surface area contributed by atoms with Gasteiger partial charge in [0.15, 0.2) is 18.1 Å². The van der Waals surface area contributed by atoms with E-state index in [1.165, 1.54) is 0 Å². The van der Waals surface area contributed by atoms with Crippen LogP contribution in [0.5, 0.6) is 11.5 Å². The molecule has 2 N–H and O–H groups in total. The molecular formula is C20H18N2O5. The molecule has 0 fully saturated rings. The van der Waals surface area contributed by atoms with Crippen LogP contribution in [0.15, 0.2) is 48.7 Å². The number of fused-ring (bicyclic) bond motifs is 2. The Bertz CT molecular complexity index is 995. The van der Waals surface area contributed by atoms with Crippen LogP contribution in [0.4, 0.5) is 5.69 Å². The topological polar surface area (TPSA) is 89.7 Å². The molecule has 0 bridgehead atoms. The number of hydrogen-bond acceptors (Lipinski definition) is 5. The molecule has 0 aliphatic carbocycles. The maximum absolute atomic E-state index is 12.2. The Morgan fingerprint density at radius 1 is 1.07 bits per heavy atom. The lowest BCUT2D eigenvalue weighted by Gasteiger charge is -2.10. The molecule has 0 unspecified atom stereocenters. The van der Waals surface area contributed by atoms with Gasteiger partial charge >= 0.3 is 5.97 Å². The zero-order chi connectivity index (χ0) is 18.6. The van der Waals surface area contributed by atoms with E-state index in [4.69, 9.17) is 14.2 Å². The Hall–Kier alpha value is -3.48. The standard InChI is InChI=1S/C20H18N2O5/c23-19(22-13-6-7-17-18(10-13)26-9-3-8-25-17)12-27-20(24)15-11-21-16-5-2-1-4-14(15)16/h1-2,4-7,10-11,21H,3,8-9,12H2,(H,22,23). The van der Waals surface area contributed by atoms with Crippen molar-refractivity contribution in [1.82, 2.24) is 4.98 Å². The second-order valence-electron chi connectivity index (χ2n) is 6.08. The number of rotatable bonds is 4. The second kappa shape index (κ2) is 7.41. The van der Waals surface area contributed by atoms with E-state index in [1.54, 1.807) is 24.4 Å². The molecule has 2 heterocycles. The van der Waals surface area contributed by atoms with Gasteiger partial charge in [0.05, 0.1) is 18.8 Å². The second-order valence-corrected chi connectivity index (χ2v) is 6.08. The van der Waals surface area contributed by atoms with Gasteiger partial charge in [0.2, 0.25) is 0 Å². The van der Waals surface area contributed by atoms with E-state index >= 15 is 0 Å². The molecule has 7 nitrogen and oxygen atoms in total. The number of ether oxygens (including phenoxy) is 3. The fraction of sp³-hybridized carbons (Fsp3) is 0.200. The highest BCUT2D eigenvalue weighted by Crippen LogP contribution is 2.32. The summed E-state index contributed by atoms with van der Waals surface area (Å²) in [6.45, 7) is 0.780. The first-order chi connectivity index (χ1) is 13.2. The van der Waals surface area contributed by atoms with E-state index in [1.807, 2.05) is 24.3 Å². The van der Waals surface area contributed by atoms with E-state index in [0.717, 1.165) is 17.3 Å². The Morgan fingerprint density at radius 3 is 2.78 bits per heavy atom. The van der Waals surface area contributed by atoms with Gasteiger partial charge < -0.3 is 24.5 Å². The fourth-order valence-electron chi connectivity index (χ4n) is 2.89. The Labute approximate surface area is 155 Å². The number of benzene rings is 2. The zero-order valence-electron chi connectivity index (χ0n) is 14.5. The monoisotopic (exact) mass is 366 g/mol. The average molecular weight is 366 g/mol. The number of esters is 1. The van der Waals surface area contributed by atoms with Crippen LogP contribution in [-0.2, 0) is 9.53 Å². The van der Waals surface area contributed by atoms with Gasteiger partial charge in [0.1, 0.15) is 0 Å². The van der Waals surface area contributed by atoms with Crippen molar-refractivity contribution in [2.75, 3.05) is 25.1 Å². The molecule has 1 aliphatic rings. The van der Waals surface area contributed by atoms with E-state index in [9.17, 15) is 9.59 Å². The Kier molecular flexibility index (Phi) is 4.65. The summed E-state index contributed by atoms with van der Waals surface area (Å²) >= 11 is 0. The maximum atomic E-state index is 12.2. The summed E-state index contributed by atoms with van der Waals surface area (Å²) in [5.41, 5.74) is 1.78. The Balaban J connectivity index is 1.37. The number of aromatic nitrogens is 1. The highest BCUT2D eigenvalue weighted by atomic mass is 16.5. The van der Waals surface area contributed by atoms with Crippen molar-refractivity contribution in [2.24, 2.45) is 0 Å². The summed E-state index contributed by atoms with van der Waals surface area (Å²) < 4.78 is 16.3. The molecule has 7 heteroatoms. The third-order valence-electron chi connectivity index (χ3n) is 4.17. The average Bonchev–Trinajstić information content (AvgIpc) is 2.97. The van der Waals surface area contributed by atoms with Crippen LogP contribution in [0, 0.1) is 0 Å². The molecule has 27 heavy (non-hydrogen) atoms. The number of aromatic amines is 1. The Morgan fingerprint density at radius 2 is 1.89 bits per heavy atom. The first-order valence-electron chi connectivity index (χ1n) is 8.63. The molecule has 3 aromatic rings. The number of anilines is 1. The lowest BCUT2D eigenvalue weighted by Crippen LogP contribution is -2.20. The van der Waals surface area contributed by atoms with Crippen LogP contribution in [-0.4, -0.2) is 36.7 Å². The first-order valence-corrected chi connectivity index (χ1v) is 8.63. The highest BCUT2D eigenvalue weighted by molar-refractivity contribution is 6.05. The van der Waals surface area contributed by atoms with Gasteiger partial charge in [0, 0.05) is 35.3 Å². The van der Waals surface area contributed by atoms with E-state index in [0.29, 0.717) is 36.0 Å². The van der Waals surface area contributed by atoms with Crippen molar-refractivity contribution in [3.63, 3.8) is 0 Å². The molecule has 0 radical (unpaired) electrons. The number of hydrogen-bond donors (Lipinski definition) is 2. The van der Waals surface area contributed by atoms with Gasteiger partial charge in [-0.15, -0.1) is 0 Å². The van der Waals surface area contributed by atoms with Crippen LogP contribution in [0.3, 0.4) is 0 Å². The molecule has 0 saturated heterocycles. The van der Waals surface area contributed by atoms with E-state index in [2.05, 4.69) is 10.3 Å². The number of amides is 1.